The van der Waals surface area contributed by atoms with Gasteiger partial charge in [-0.05, 0) is 24.3 Å². The third-order valence-electron chi connectivity index (χ3n) is 3.59. The van der Waals surface area contributed by atoms with Crippen molar-refractivity contribution in [1.82, 2.24) is 9.97 Å². The maximum absolute atomic E-state index is 12.4. The van der Waals surface area contributed by atoms with E-state index in [4.69, 9.17) is 9.47 Å². The molecular weight excluding hydrogens is 332 g/mol. The Morgan fingerprint density at radius 1 is 0.962 bits per heavy atom. The average Bonchev–Trinajstić information content (AvgIpc) is 2.69. The van der Waals surface area contributed by atoms with Gasteiger partial charge >= 0.3 is 0 Å². The second kappa shape index (κ2) is 7.98. The summed E-state index contributed by atoms with van der Waals surface area (Å²) in [7, 11) is 3.08. The first-order chi connectivity index (χ1) is 12.7. The Balaban J connectivity index is 1.72. The molecule has 26 heavy (non-hydrogen) atoms. The highest BCUT2D eigenvalue weighted by Gasteiger charge is 2.12. The molecule has 3 aromatic rings. The van der Waals surface area contributed by atoms with Gasteiger partial charge in [0.25, 0.3) is 5.91 Å². The molecular formula is C19H18N4O3. The van der Waals surface area contributed by atoms with Crippen LogP contribution in [-0.2, 0) is 0 Å². The molecule has 0 bridgehead atoms. The number of hydrogen-bond donors (Lipinski definition) is 2. The van der Waals surface area contributed by atoms with E-state index in [1.807, 2.05) is 30.3 Å². The van der Waals surface area contributed by atoms with E-state index < -0.39 is 5.91 Å². The van der Waals surface area contributed by atoms with Gasteiger partial charge < -0.3 is 20.1 Å². The zero-order valence-corrected chi connectivity index (χ0v) is 14.4. The molecule has 0 aliphatic carbocycles. The van der Waals surface area contributed by atoms with Gasteiger partial charge in [-0.2, -0.15) is 0 Å². The van der Waals surface area contributed by atoms with E-state index in [-0.39, 0.29) is 5.69 Å². The number of hydrogen-bond acceptors (Lipinski definition) is 6. The van der Waals surface area contributed by atoms with E-state index in [1.165, 1.54) is 19.5 Å². The molecule has 0 aliphatic heterocycles. The Labute approximate surface area is 151 Å². The number of benzene rings is 2. The fourth-order valence-electron chi connectivity index (χ4n) is 2.28. The first-order valence-electron chi connectivity index (χ1n) is 7.87. The maximum atomic E-state index is 12.4. The first-order valence-corrected chi connectivity index (χ1v) is 7.87. The summed E-state index contributed by atoms with van der Waals surface area (Å²) < 4.78 is 10.4. The van der Waals surface area contributed by atoms with E-state index in [1.54, 1.807) is 25.3 Å². The Bertz CT molecular complexity index is 883. The molecule has 3 rings (SSSR count). The molecule has 1 heterocycles. The van der Waals surface area contributed by atoms with Gasteiger partial charge in [-0.3, -0.25) is 4.79 Å². The third kappa shape index (κ3) is 4.07. The molecule has 0 radical (unpaired) electrons. The summed E-state index contributed by atoms with van der Waals surface area (Å²) in [5.41, 5.74) is 1.57. The summed E-state index contributed by atoms with van der Waals surface area (Å²) in [5.74, 6) is 1.28. The van der Waals surface area contributed by atoms with Crippen molar-refractivity contribution in [2.75, 3.05) is 24.9 Å². The molecule has 1 amide bonds. The minimum absolute atomic E-state index is 0.188. The Morgan fingerprint density at radius 2 is 1.77 bits per heavy atom. The summed E-state index contributed by atoms with van der Waals surface area (Å²) in [5, 5.41) is 5.87. The smallest absolute Gasteiger partial charge is 0.275 e. The van der Waals surface area contributed by atoms with Crippen molar-refractivity contribution in [3.63, 3.8) is 0 Å². The number of carbonyl (C=O) groups is 1. The number of ether oxygens (including phenoxy) is 2. The summed E-state index contributed by atoms with van der Waals surface area (Å²) in [4.78, 5) is 20.8. The van der Waals surface area contributed by atoms with Crippen LogP contribution in [0.3, 0.4) is 0 Å². The van der Waals surface area contributed by atoms with Crippen LogP contribution in [0.5, 0.6) is 11.5 Å². The van der Waals surface area contributed by atoms with Gasteiger partial charge in [0.15, 0.2) is 0 Å². The Hall–Kier alpha value is -3.61. The number of rotatable bonds is 6. The summed E-state index contributed by atoms with van der Waals surface area (Å²) in [6.45, 7) is 0. The number of nitrogens with one attached hydrogen (secondary N) is 2. The topological polar surface area (TPSA) is 85.4 Å². The third-order valence-corrected chi connectivity index (χ3v) is 3.59. The number of amides is 1. The summed E-state index contributed by atoms with van der Waals surface area (Å²) >= 11 is 0. The van der Waals surface area contributed by atoms with Crippen molar-refractivity contribution < 1.29 is 14.3 Å². The maximum Gasteiger partial charge on any atom is 0.275 e. The SMILES string of the molecule is COc1ccc(OC)c(NC(=O)c2cnc(Nc3ccccc3)cn2)c1. The number of para-hydroxylation sites is 1. The van der Waals surface area contributed by atoms with Gasteiger partial charge in [0.2, 0.25) is 0 Å². The molecule has 0 spiro atoms. The van der Waals surface area contributed by atoms with Crippen LogP contribution >= 0.6 is 0 Å². The fraction of sp³-hybridized carbons (Fsp3) is 0.105. The van der Waals surface area contributed by atoms with E-state index in [0.717, 1.165) is 5.69 Å². The predicted octanol–water partition coefficient (Wildman–Crippen LogP) is 3.49. The highest BCUT2D eigenvalue weighted by atomic mass is 16.5. The van der Waals surface area contributed by atoms with Crippen molar-refractivity contribution >= 4 is 23.1 Å². The highest BCUT2D eigenvalue weighted by molar-refractivity contribution is 6.03. The standard InChI is InChI=1S/C19H18N4O3/c1-25-14-8-9-17(26-2)15(10-14)23-19(24)16-11-21-18(12-20-16)22-13-6-4-3-5-7-13/h3-12H,1-2H3,(H,21,22)(H,23,24). The molecule has 0 atom stereocenters. The Kier molecular flexibility index (Phi) is 5.28. The lowest BCUT2D eigenvalue weighted by Gasteiger charge is -2.11. The van der Waals surface area contributed by atoms with E-state index in [2.05, 4.69) is 20.6 Å². The molecule has 2 N–H and O–H groups in total. The lowest BCUT2D eigenvalue weighted by atomic mass is 10.2. The molecule has 7 nitrogen and oxygen atoms in total. The summed E-state index contributed by atoms with van der Waals surface area (Å²) in [6, 6.07) is 14.7. The number of anilines is 3. The van der Waals surface area contributed by atoms with Crippen LogP contribution in [0, 0.1) is 0 Å². The molecule has 0 saturated carbocycles. The number of carbonyl (C=O) groups excluding carboxylic acids is 1. The molecule has 132 valence electrons. The number of nitrogens with zero attached hydrogens (tertiary/aromatic N) is 2. The minimum atomic E-state index is -0.393. The van der Waals surface area contributed by atoms with Crippen molar-refractivity contribution in [3.05, 3.63) is 66.6 Å². The molecule has 0 aliphatic rings. The highest BCUT2D eigenvalue weighted by Crippen LogP contribution is 2.29. The minimum Gasteiger partial charge on any atom is -0.497 e. The van der Waals surface area contributed by atoms with Gasteiger partial charge in [0.1, 0.15) is 23.0 Å². The number of aromatic nitrogens is 2. The lowest BCUT2D eigenvalue weighted by molar-refractivity contribution is 0.102. The van der Waals surface area contributed by atoms with Crippen molar-refractivity contribution in [2.45, 2.75) is 0 Å². The van der Waals surface area contributed by atoms with Crippen LogP contribution in [0.15, 0.2) is 60.9 Å². The normalized spacial score (nSPS) is 10.1. The van der Waals surface area contributed by atoms with Crippen molar-refractivity contribution in [2.24, 2.45) is 0 Å². The largest absolute Gasteiger partial charge is 0.497 e. The van der Waals surface area contributed by atoms with Gasteiger partial charge in [0.05, 0.1) is 32.3 Å². The van der Waals surface area contributed by atoms with Gasteiger partial charge in [-0.1, -0.05) is 18.2 Å². The van der Waals surface area contributed by atoms with Crippen LogP contribution < -0.4 is 20.1 Å². The van der Waals surface area contributed by atoms with Gasteiger partial charge in [-0.25, -0.2) is 9.97 Å². The van der Waals surface area contributed by atoms with Crippen molar-refractivity contribution in [3.8, 4) is 11.5 Å². The quantitative estimate of drug-likeness (QED) is 0.708. The van der Waals surface area contributed by atoms with Crippen LogP contribution in [0.1, 0.15) is 10.5 Å². The monoisotopic (exact) mass is 350 g/mol. The lowest BCUT2D eigenvalue weighted by Crippen LogP contribution is -2.15. The molecule has 1 aromatic heterocycles. The van der Waals surface area contributed by atoms with Crippen LogP contribution in [0.25, 0.3) is 0 Å². The molecule has 0 unspecified atom stereocenters. The van der Waals surface area contributed by atoms with Gasteiger partial charge in [0, 0.05) is 11.8 Å². The van der Waals surface area contributed by atoms with E-state index in [9.17, 15) is 4.79 Å². The molecule has 0 fully saturated rings. The molecule has 2 aromatic carbocycles. The predicted molar refractivity (Wildman–Crippen MR) is 99.3 cm³/mol. The van der Waals surface area contributed by atoms with Crippen molar-refractivity contribution in [1.29, 1.82) is 0 Å². The first kappa shape index (κ1) is 17.2. The second-order valence-corrected chi connectivity index (χ2v) is 5.30. The average molecular weight is 350 g/mol. The zero-order chi connectivity index (χ0) is 18.4. The van der Waals surface area contributed by atoms with Gasteiger partial charge in [-0.15, -0.1) is 0 Å². The van der Waals surface area contributed by atoms with E-state index in [0.29, 0.717) is 23.0 Å². The Morgan fingerprint density at radius 3 is 2.42 bits per heavy atom. The molecule has 0 saturated heterocycles. The fourth-order valence-corrected chi connectivity index (χ4v) is 2.28. The van der Waals surface area contributed by atoms with Crippen LogP contribution in [-0.4, -0.2) is 30.1 Å². The van der Waals surface area contributed by atoms with E-state index >= 15 is 0 Å². The van der Waals surface area contributed by atoms with Crippen LogP contribution in [0.4, 0.5) is 17.2 Å². The second-order valence-electron chi connectivity index (χ2n) is 5.30. The summed E-state index contributed by atoms with van der Waals surface area (Å²) in [6.07, 6.45) is 2.91. The van der Waals surface area contributed by atoms with Crippen LogP contribution in [0.2, 0.25) is 0 Å². The number of methoxy groups -OCH3 is 2. The zero-order valence-electron chi connectivity index (χ0n) is 14.4. The molecule has 7 heteroatoms.